The molecule has 0 saturated heterocycles. The number of hydrogen-bond acceptors (Lipinski definition) is 5. The topological polar surface area (TPSA) is 79.9 Å². The van der Waals surface area contributed by atoms with Crippen LogP contribution in [0.15, 0.2) is 36.8 Å². The molecule has 2 aromatic heterocycles. The second-order valence-corrected chi connectivity index (χ2v) is 4.51. The third kappa shape index (κ3) is 2.55. The maximum absolute atomic E-state index is 10.9. The Hall–Kier alpha value is -2.89. The van der Waals surface area contributed by atoms with Gasteiger partial charge in [0.25, 0.3) is 0 Å². The number of fused-ring (bicyclic) bond motifs is 1. The van der Waals surface area contributed by atoms with Crippen LogP contribution in [-0.4, -0.2) is 28.3 Å². The molecule has 0 unspecified atom stereocenters. The van der Waals surface area contributed by atoms with Crippen LogP contribution in [0, 0.1) is 0 Å². The molecule has 2 N–H and O–H groups in total. The number of rotatable bonds is 5. The summed E-state index contributed by atoms with van der Waals surface area (Å²) in [4.78, 5) is 22.3. The molecular formula is C15H14N4O2. The highest BCUT2D eigenvalue weighted by Gasteiger charge is 2.09. The van der Waals surface area contributed by atoms with Crippen LogP contribution in [0.5, 0.6) is 5.75 Å². The number of carbonyl (C=O) groups excluding carboxylic acids is 1. The number of anilines is 1. The van der Waals surface area contributed by atoms with Gasteiger partial charge in [0.15, 0.2) is 12.1 Å². The van der Waals surface area contributed by atoms with Crippen LogP contribution in [0.1, 0.15) is 15.9 Å². The van der Waals surface area contributed by atoms with Gasteiger partial charge in [-0.05, 0) is 17.7 Å². The van der Waals surface area contributed by atoms with Crippen LogP contribution >= 0.6 is 0 Å². The molecule has 2 heterocycles. The molecule has 0 aliphatic rings. The van der Waals surface area contributed by atoms with E-state index in [2.05, 4.69) is 20.3 Å². The predicted octanol–water partition coefficient (Wildman–Crippen LogP) is 2.39. The number of methoxy groups -OCH3 is 1. The van der Waals surface area contributed by atoms with E-state index >= 15 is 0 Å². The highest BCUT2D eigenvalue weighted by atomic mass is 16.5. The summed E-state index contributed by atoms with van der Waals surface area (Å²) in [6.45, 7) is 0.617. The standard InChI is InChI=1S/C15H14N4O2/c1-21-12-4-2-10(3-5-12)6-17-15-14-13(18-9-19-15)11(8-20)7-16-14/h2-5,7-9,16H,6H2,1H3,(H,17,18,19). The molecule has 1 aromatic carbocycles. The van der Waals surface area contributed by atoms with Crippen LogP contribution < -0.4 is 10.1 Å². The molecule has 21 heavy (non-hydrogen) atoms. The summed E-state index contributed by atoms with van der Waals surface area (Å²) in [7, 11) is 1.64. The van der Waals surface area contributed by atoms with Crippen molar-refractivity contribution in [3.63, 3.8) is 0 Å². The van der Waals surface area contributed by atoms with Gasteiger partial charge < -0.3 is 15.0 Å². The molecular weight excluding hydrogens is 268 g/mol. The van der Waals surface area contributed by atoms with E-state index in [0.29, 0.717) is 23.4 Å². The summed E-state index contributed by atoms with van der Waals surface area (Å²) in [6, 6.07) is 7.78. The molecule has 3 rings (SSSR count). The third-order valence-electron chi connectivity index (χ3n) is 3.24. The first kappa shape index (κ1) is 13.1. The Labute approximate surface area is 121 Å². The lowest BCUT2D eigenvalue weighted by Crippen LogP contribution is -2.02. The van der Waals surface area contributed by atoms with Crippen molar-refractivity contribution in [3.05, 3.63) is 47.9 Å². The van der Waals surface area contributed by atoms with Crippen LogP contribution in [0.2, 0.25) is 0 Å². The van der Waals surface area contributed by atoms with Crippen LogP contribution in [0.3, 0.4) is 0 Å². The highest BCUT2D eigenvalue weighted by Crippen LogP contribution is 2.21. The van der Waals surface area contributed by atoms with Gasteiger partial charge in [-0.25, -0.2) is 9.97 Å². The fourth-order valence-electron chi connectivity index (χ4n) is 2.11. The smallest absolute Gasteiger partial charge is 0.154 e. The normalized spacial score (nSPS) is 10.5. The molecule has 0 amide bonds. The lowest BCUT2D eigenvalue weighted by Gasteiger charge is -2.07. The number of benzene rings is 1. The zero-order chi connectivity index (χ0) is 14.7. The lowest BCUT2D eigenvalue weighted by molar-refractivity contribution is 0.112. The van der Waals surface area contributed by atoms with Gasteiger partial charge in [-0.15, -0.1) is 0 Å². The van der Waals surface area contributed by atoms with Gasteiger partial charge in [0, 0.05) is 12.7 Å². The van der Waals surface area contributed by atoms with Gasteiger partial charge in [0.05, 0.1) is 12.7 Å². The van der Waals surface area contributed by atoms with Crippen LogP contribution in [0.4, 0.5) is 5.82 Å². The van der Waals surface area contributed by atoms with E-state index in [4.69, 9.17) is 4.74 Å². The summed E-state index contributed by atoms with van der Waals surface area (Å²) in [6.07, 6.45) is 3.85. The minimum absolute atomic E-state index is 0.528. The zero-order valence-electron chi connectivity index (χ0n) is 11.5. The fraction of sp³-hybridized carbons (Fsp3) is 0.133. The molecule has 0 bridgehead atoms. The number of aldehydes is 1. The molecule has 0 atom stereocenters. The second kappa shape index (κ2) is 5.62. The Morgan fingerprint density at radius 2 is 2.10 bits per heavy atom. The van der Waals surface area contributed by atoms with Gasteiger partial charge in [0.1, 0.15) is 23.1 Å². The van der Waals surface area contributed by atoms with E-state index in [1.807, 2.05) is 24.3 Å². The maximum atomic E-state index is 10.9. The number of nitrogens with zero attached hydrogens (tertiary/aromatic N) is 2. The molecule has 0 radical (unpaired) electrons. The van der Waals surface area contributed by atoms with Crippen molar-refractivity contribution in [2.24, 2.45) is 0 Å². The molecule has 106 valence electrons. The lowest BCUT2D eigenvalue weighted by atomic mass is 10.2. The Balaban J connectivity index is 1.81. The van der Waals surface area contributed by atoms with E-state index in [1.54, 1.807) is 13.3 Å². The summed E-state index contributed by atoms with van der Waals surface area (Å²) >= 11 is 0. The largest absolute Gasteiger partial charge is 0.497 e. The number of ether oxygens (including phenoxy) is 1. The van der Waals surface area contributed by atoms with Gasteiger partial charge >= 0.3 is 0 Å². The molecule has 0 fully saturated rings. The zero-order valence-corrected chi connectivity index (χ0v) is 11.5. The molecule has 0 saturated carbocycles. The number of aromatic nitrogens is 3. The Morgan fingerprint density at radius 1 is 1.29 bits per heavy atom. The molecule has 0 aliphatic heterocycles. The first-order chi connectivity index (χ1) is 10.3. The summed E-state index contributed by atoms with van der Waals surface area (Å²) < 4.78 is 5.13. The van der Waals surface area contributed by atoms with Crippen LogP contribution in [0.25, 0.3) is 11.0 Å². The van der Waals surface area contributed by atoms with E-state index < -0.39 is 0 Å². The molecule has 6 heteroatoms. The molecule has 0 aliphatic carbocycles. The molecule has 0 spiro atoms. The average molecular weight is 282 g/mol. The second-order valence-electron chi connectivity index (χ2n) is 4.51. The molecule has 3 aromatic rings. The minimum Gasteiger partial charge on any atom is -0.497 e. The Kier molecular flexibility index (Phi) is 3.51. The minimum atomic E-state index is 0.528. The summed E-state index contributed by atoms with van der Waals surface area (Å²) in [5.41, 5.74) is 2.98. The quantitative estimate of drug-likeness (QED) is 0.702. The third-order valence-corrected chi connectivity index (χ3v) is 3.24. The van der Waals surface area contributed by atoms with Crippen molar-refractivity contribution >= 4 is 23.1 Å². The van der Waals surface area contributed by atoms with Crippen LogP contribution in [-0.2, 0) is 6.54 Å². The average Bonchev–Trinajstić information content (AvgIpc) is 2.97. The van der Waals surface area contributed by atoms with Crippen molar-refractivity contribution in [2.45, 2.75) is 6.54 Å². The maximum Gasteiger partial charge on any atom is 0.154 e. The van der Waals surface area contributed by atoms with Crippen molar-refractivity contribution in [3.8, 4) is 5.75 Å². The molecule has 6 nitrogen and oxygen atoms in total. The van der Waals surface area contributed by atoms with E-state index in [-0.39, 0.29) is 0 Å². The van der Waals surface area contributed by atoms with Gasteiger partial charge in [-0.1, -0.05) is 12.1 Å². The first-order valence-corrected chi connectivity index (χ1v) is 6.46. The number of H-pyrrole nitrogens is 1. The Bertz CT molecular complexity index is 765. The monoisotopic (exact) mass is 282 g/mol. The van der Waals surface area contributed by atoms with Gasteiger partial charge in [0.2, 0.25) is 0 Å². The number of nitrogens with one attached hydrogen (secondary N) is 2. The van der Waals surface area contributed by atoms with Gasteiger partial charge in [-0.3, -0.25) is 4.79 Å². The van der Waals surface area contributed by atoms with Crippen molar-refractivity contribution in [2.75, 3.05) is 12.4 Å². The number of hydrogen-bond donors (Lipinski definition) is 2. The Morgan fingerprint density at radius 3 is 2.81 bits per heavy atom. The van der Waals surface area contributed by atoms with E-state index in [1.165, 1.54) is 6.33 Å². The SMILES string of the molecule is COc1ccc(CNc2ncnc3c(C=O)c[nH]c23)cc1. The van der Waals surface area contributed by atoms with Crippen molar-refractivity contribution in [1.82, 2.24) is 15.0 Å². The van der Waals surface area contributed by atoms with Crippen molar-refractivity contribution in [1.29, 1.82) is 0 Å². The predicted molar refractivity (Wildman–Crippen MR) is 79.6 cm³/mol. The fourth-order valence-corrected chi connectivity index (χ4v) is 2.11. The van der Waals surface area contributed by atoms with Gasteiger partial charge in [-0.2, -0.15) is 0 Å². The first-order valence-electron chi connectivity index (χ1n) is 6.46. The summed E-state index contributed by atoms with van der Waals surface area (Å²) in [5.74, 6) is 1.49. The number of carbonyl (C=O) groups is 1. The number of aromatic amines is 1. The highest BCUT2D eigenvalue weighted by molar-refractivity contribution is 5.98. The van der Waals surface area contributed by atoms with E-state index in [0.717, 1.165) is 23.1 Å². The summed E-state index contributed by atoms with van der Waals surface area (Å²) in [5, 5.41) is 3.24. The van der Waals surface area contributed by atoms with E-state index in [9.17, 15) is 4.79 Å². The van der Waals surface area contributed by atoms with Crippen molar-refractivity contribution < 1.29 is 9.53 Å².